The van der Waals surface area contributed by atoms with Crippen LogP contribution in [0, 0.1) is 0 Å². The summed E-state index contributed by atoms with van der Waals surface area (Å²) in [5.74, 6) is -1.08. The van der Waals surface area contributed by atoms with E-state index in [0.717, 1.165) is 4.90 Å². The van der Waals surface area contributed by atoms with Crippen LogP contribution in [0.15, 0.2) is 71.6 Å². The van der Waals surface area contributed by atoms with Crippen LogP contribution in [0.25, 0.3) is 0 Å². The lowest BCUT2D eigenvalue weighted by atomic mass is 10.1. The fourth-order valence-corrected chi connectivity index (χ4v) is 4.72. The molecule has 0 atom stereocenters. The van der Waals surface area contributed by atoms with Gasteiger partial charge in [0.2, 0.25) is 5.91 Å². The summed E-state index contributed by atoms with van der Waals surface area (Å²) in [4.78, 5) is 37.4. The SMILES string of the molecule is CC(=O)Nc1ccc(Cl)c(NS(=O)(=O)c2ccc(CN3C(=O)c4ccccc4C3=O)cc2)c1. The number of fused-ring (bicyclic) bond motifs is 1. The molecular weight excluding hydrogens is 466 g/mol. The van der Waals surface area contributed by atoms with Crippen molar-refractivity contribution in [2.45, 2.75) is 18.4 Å². The molecule has 3 aromatic rings. The molecular formula is C23H18ClN3O5S. The molecule has 1 aliphatic rings. The van der Waals surface area contributed by atoms with Crippen LogP contribution >= 0.6 is 11.6 Å². The van der Waals surface area contributed by atoms with Gasteiger partial charge < -0.3 is 5.32 Å². The molecule has 0 aliphatic carbocycles. The standard InChI is InChI=1S/C23H18ClN3O5S/c1-14(28)25-16-8-11-20(24)21(12-16)26-33(31,32)17-9-6-15(7-10-17)13-27-22(29)18-4-2-3-5-19(18)23(27)30/h2-12,26H,13H2,1H3,(H,25,28). The Morgan fingerprint density at radius 2 is 1.55 bits per heavy atom. The van der Waals surface area contributed by atoms with Crippen molar-refractivity contribution in [3.8, 4) is 0 Å². The molecule has 2 N–H and O–H groups in total. The van der Waals surface area contributed by atoms with Crippen LogP contribution < -0.4 is 10.0 Å². The predicted octanol–water partition coefficient (Wildman–Crippen LogP) is 3.90. The quantitative estimate of drug-likeness (QED) is 0.516. The molecule has 3 amide bonds. The number of imide groups is 1. The zero-order valence-corrected chi connectivity index (χ0v) is 18.9. The summed E-state index contributed by atoms with van der Waals surface area (Å²) >= 11 is 6.10. The highest BCUT2D eigenvalue weighted by atomic mass is 35.5. The minimum atomic E-state index is -3.98. The fourth-order valence-electron chi connectivity index (χ4n) is 3.43. The molecule has 4 rings (SSSR count). The molecule has 1 heterocycles. The first kappa shape index (κ1) is 22.5. The normalized spacial score (nSPS) is 13.1. The van der Waals surface area contributed by atoms with E-state index in [0.29, 0.717) is 22.4 Å². The first-order chi connectivity index (χ1) is 15.7. The van der Waals surface area contributed by atoms with E-state index in [1.807, 2.05) is 0 Å². The number of amides is 3. The Hall–Kier alpha value is -3.69. The van der Waals surface area contributed by atoms with E-state index in [1.165, 1.54) is 43.3 Å². The van der Waals surface area contributed by atoms with Crippen molar-refractivity contribution >= 4 is 50.7 Å². The minimum Gasteiger partial charge on any atom is -0.326 e. The summed E-state index contributed by atoms with van der Waals surface area (Å²) in [7, 11) is -3.98. The van der Waals surface area contributed by atoms with Crippen LogP contribution in [0.1, 0.15) is 33.2 Å². The van der Waals surface area contributed by atoms with E-state index in [4.69, 9.17) is 11.6 Å². The largest absolute Gasteiger partial charge is 0.326 e. The van der Waals surface area contributed by atoms with Gasteiger partial charge in [-0.25, -0.2) is 8.42 Å². The summed E-state index contributed by atoms with van der Waals surface area (Å²) in [5.41, 5.74) is 1.79. The molecule has 10 heteroatoms. The van der Waals surface area contributed by atoms with E-state index in [1.54, 1.807) is 30.3 Å². The lowest BCUT2D eigenvalue weighted by Crippen LogP contribution is -2.29. The van der Waals surface area contributed by atoms with Gasteiger partial charge in [0, 0.05) is 12.6 Å². The van der Waals surface area contributed by atoms with Crippen molar-refractivity contribution in [1.82, 2.24) is 4.90 Å². The van der Waals surface area contributed by atoms with E-state index >= 15 is 0 Å². The van der Waals surface area contributed by atoms with Crippen molar-refractivity contribution in [1.29, 1.82) is 0 Å². The van der Waals surface area contributed by atoms with E-state index in [-0.39, 0.29) is 39.9 Å². The number of halogens is 1. The third-order valence-electron chi connectivity index (χ3n) is 4.98. The Morgan fingerprint density at radius 3 is 2.12 bits per heavy atom. The van der Waals surface area contributed by atoms with E-state index in [9.17, 15) is 22.8 Å². The fraction of sp³-hybridized carbons (Fsp3) is 0.0870. The third kappa shape index (κ3) is 4.59. The van der Waals surface area contributed by atoms with Crippen molar-refractivity contribution in [2.75, 3.05) is 10.0 Å². The van der Waals surface area contributed by atoms with Crippen LogP contribution in [-0.2, 0) is 21.4 Å². The molecule has 0 saturated carbocycles. The molecule has 8 nitrogen and oxygen atoms in total. The number of hydrogen-bond donors (Lipinski definition) is 2. The Labute approximate surface area is 195 Å². The predicted molar refractivity (Wildman–Crippen MR) is 124 cm³/mol. The first-order valence-electron chi connectivity index (χ1n) is 9.80. The summed E-state index contributed by atoms with van der Waals surface area (Å²) in [6.07, 6.45) is 0. The minimum absolute atomic E-state index is 0.0185. The maximum absolute atomic E-state index is 12.8. The van der Waals surface area contributed by atoms with Crippen molar-refractivity contribution < 1.29 is 22.8 Å². The number of anilines is 2. The van der Waals surface area contributed by atoms with Crippen LogP contribution in [0.4, 0.5) is 11.4 Å². The van der Waals surface area contributed by atoms with Gasteiger partial charge in [0.05, 0.1) is 33.3 Å². The molecule has 33 heavy (non-hydrogen) atoms. The lowest BCUT2D eigenvalue weighted by Gasteiger charge is -2.15. The Balaban J connectivity index is 1.51. The number of hydrogen-bond acceptors (Lipinski definition) is 5. The summed E-state index contributed by atoms with van der Waals surface area (Å²) in [6, 6.07) is 16.8. The van der Waals surface area contributed by atoms with Gasteiger partial charge in [-0.3, -0.25) is 24.0 Å². The van der Waals surface area contributed by atoms with Gasteiger partial charge in [-0.15, -0.1) is 0 Å². The van der Waals surface area contributed by atoms with Gasteiger partial charge in [0.1, 0.15) is 0 Å². The Kier molecular flexibility index (Phi) is 5.92. The van der Waals surface area contributed by atoms with Gasteiger partial charge >= 0.3 is 0 Å². The molecule has 168 valence electrons. The third-order valence-corrected chi connectivity index (χ3v) is 6.69. The first-order valence-corrected chi connectivity index (χ1v) is 11.7. The maximum atomic E-state index is 12.8. The molecule has 0 unspecified atom stereocenters. The number of benzene rings is 3. The zero-order chi connectivity index (χ0) is 23.8. The van der Waals surface area contributed by atoms with Gasteiger partial charge in [-0.05, 0) is 48.0 Å². The van der Waals surface area contributed by atoms with Gasteiger partial charge in [-0.2, -0.15) is 0 Å². The summed E-state index contributed by atoms with van der Waals surface area (Å²) in [6.45, 7) is 1.35. The van der Waals surface area contributed by atoms with E-state index in [2.05, 4.69) is 10.0 Å². The highest BCUT2D eigenvalue weighted by Gasteiger charge is 2.35. The van der Waals surface area contributed by atoms with Gasteiger partial charge in [0.25, 0.3) is 21.8 Å². The van der Waals surface area contributed by atoms with Crippen LogP contribution in [0.3, 0.4) is 0 Å². The van der Waals surface area contributed by atoms with Crippen LogP contribution in [0.5, 0.6) is 0 Å². The average Bonchev–Trinajstić information content (AvgIpc) is 3.01. The molecule has 0 aromatic heterocycles. The molecule has 0 saturated heterocycles. The monoisotopic (exact) mass is 483 g/mol. The van der Waals surface area contributed by atoms with Crippen molar-refractivity contribution in [2.24, 2.45) is 0 Å². The molecule has 0 bridgehead atoms. The Morgan fingerprint density at radius 1 is 0.939 bits per heavy atom. The second-order valence-corrected chi connectivity index (χ2v) is 9.46. The second kappa shape index (κ2) is 8.68. The number of carbonyl (C=O) groups excluding carboxylic acids is 3. The maximum Gasteiger partial charge on any atom is 0.261 e. The Bertz CT molecular complexity index is 1350. The molecule has 1 aliphatic heterocycles. The zero-order valence-electron chi connectivity index (χ0n) is 17.3. The number of carbonyl (C=O) groups is 3. The molecule has 0 spiro atoms. The summed E-state index contributed by atoms with van der Waals surface area (Å²) in [5, 5.41) is 2.72. The van der Waals surface area contributed by atoms with Crippen molar-refractivity contribution in [3.05, 3.63) is 88.4 Å². The molecule has 3 aromatic carbocycles. The topological polar surface area (TPSA) is 113 Å². The highest BCUT2D eigenvalue weighted by molar-refractivity contribution is 7.92. The average molecular weight is 484 g/mol. The van der Waals surface area contributed by atoms with Gasteiger partial charge in [-0.1, -0.05) is 35.9 Å². The van der Waals surface area contributed by atoms with Gasteiger partial charge in [0.15, 0.2) is 0 Å². The smallest absolute Gasteiger partial charge is 0.261 e. The highest BCUT2D eigenvalue weighted by Crippen LogP contribution is 2.29. The molecule has 0 radical (unpaired) electrons. The van der Waals surface area contributed by atoms with E-state index < -0.39 is 10.0 Å². The number of rotatable bonds is 6. The van der Waals surface area contributed by atoms with Crippen molar-refractivity contribution in [3.63, 3.8) is 0 Å². The number of nitrogens with zero attached hydrogens (tertiary/aromatic N) is 1. The van der Waals surface area contributed by atoms with Crippen LogP contribution in [0.2, 0.25) is 5.02 Å². The second-order valence-electron chi connectivity index (χ2n) is 7.37. The number of nitrogens with one attached hydrogen (secondary N) is 2. The van der Waals surface area contributed by atoms with Crippen LogP contribution in [-0.4, -0.2) is 31.0 Å². The lowest BCUT2D eigenvalue weighted by molar-refractivity contribution is -0.114. The summed E-state index contributed by atoms with van der Waals surface area (Å²) < 4.78 is 28.0. The molecule has 0 fully saturated rings. The number of sulfonamides is 1.